The molecule has 0 heterocycles. The minimum Gasteiger partial charge on any atom is -0.297 e. The zero-order valence-corrected chi connectivity index (χ0v) is 12.5. The van der Waals surface area contributed by atoms with Gasteiger partial charge in [0, 0.05) is 12.1 Å². The lowest BCUT2D eigenvalue weighted by Crippen LogP contribution is -2.45. The summed E-state index contributed by atoms with van der Waals surface area (Å²) >= 11 is 0. The molecule has 2 rings (SSSR count). The van der Waals surface area contributed by atoms with Crippen molar-refractivity contribution in [1.82, 2.24) is 4.90 Å². The standard InChI is InChI=1S/C17H33N/c1-2-3-10-15-18(16-11-6-4-7-12-16)17-13-8-5-9-14-17/h16-17H,2-15H2,1H3. The fraction of sp³-hybridized carbons (Fsp3) is 1.00. The van der Waals surface area contributed by atoms with E-state index >= 15 is 0 Å². The third kappa shape index (κ3) is 4.26. The first-order valence-electron chi connectivity index (χ1n) is 8.67. The van der Waals surface area contributed by atoms with Crippen LogP contribution in [-0.2, 0) is 0 Å². The van der Waals surface area contributed by atoms with Crippen LogP contribution in [0.1, 0.15) is 90.4 Å². The third-order valence-electron chi connectivity index (χ3n) is 5.11. The molecule has 0 amide bonds. The highest BCUT2D eigenvalue weighted by atomic mass is 15.2. The molecule has 0 aromatic heterocycles. The minimum atomic E-state index is 0.943. The van der Waals surface area contributed by atoms with E-state index in [0.29, 0.717) is 0 Å². The molecule has 2 fully saturated rings. The largest absolute Gasteiger partial charge is 0.297 e. The second kappa shape index (κ2) is 8.19. The quantitative estimate of drug-likeness (QED) is 0.590. The van der Waals surface area contributed by atoms with E-state index in [-0.39, 0.29) is 0 Å². The van der Waals surface area contributed by atoms with E-state index in [0.717, 1.165) is 12.1 Å². The maximum atomic E-state index is 2.95. The lowest BCUT2D eigenvalue weighted by atomic mass is 9.88. The van der Waals surface area contributed by atoms with Crippen LogP contribution in [-0.4, -0.2) is 23.5 Å². The van der Waals surface area contributed by atoms with Gasteiger partial charge < -0.3 is 0 Å². The van der Waals surface area contributed by atoms with Gasteiger partial charge >= 0.3 is 0 Å². The van der Waals surface area contributed by atoms with Crippen LogP contribution in [0.5, 0.6) is 0 Å². The summed E-state index contributed by atoms with van der Waals surface area (Å²) in [4.78, 5) is 2.95. The first kappa shape index (κ1) is 14.4. The fourth-order valence-corrected chi connectivity index (χ4v) is 4.03. The fourth-order valence-electron chi connectivity index (χ4n) is 4.03. The molecule has 2 aliphatic rings. The Kier molecular flexibility index (Phi) is 6.54. The van der Waals surface area contributed by atoms with Gasteiger partial charge in [0.25, 0.3) is 0 Å². The first-order chi connectivity index (χ1) is 8.92. The lowest BCUT2D eigenvalue weighted by molar-refractivity contribution is 0.0789. The molecule has 106 valence electrons. The Hall–Kier alpha value is -0.0400. The molecule has 2 saturated carbocycles. The van der Waals surface area contributed by atoms with Gasteiger partial charge in [0.15, 0.2) is 0 Å². The molecule has 0 bridgehead atoms. The van der Waals surface area contributed by atoms with Gasteiger partial charge in [-0.3, -0.25) is 4.90 Å². The second-order valence-electron chi connectivity index (χ2n) is 6.53. The summed E-state index contributed by atoms with van der Waals surface area (Å²) in [7, 11) is 0. The first-order valence-corrected chi connectivity index (χ1v) is 8.67. The molecule has 0 N–H and O–H groups in total. The Morgan fingerprint density at radius 3 is 1.67 bits per heavy atom. The van der Waals surface area contributed by atoms with E-state index in [1.54, 1.807) is 0 Å². The van der Waals surface area contributed by atoms with Gasteiger partial charge in [0.1, 0.15) is 0 Å². The normalized spacial score (nSPS) is 23.7. The van der Waals surface area contributed by atoms with Gasteiger partial charge in [-0.15, -0.1) is 0 Å². The maximum Gasteiger partial charge on any atom is 0.00981 e. The van der Waals surface area contributed by atoms with Gasteiger partial charge in [0.05, 0.1) is 0 Å². The molecule has 0 aromatic carbocycles. The van der Waals surface area contributed by atoms with Crippen molar-refractivity contribution in [2.75, 3.05) is 6.54 Å². The van der Waals surface area contributed by atoms with Crippen molar-refractivity contribution in [2.45, 2.75) is 102 Å². The highest BCUT2D eigenvalue weighted by molar-refractivity contribution is 4.83. The summed E-state index contributed by atoms with van der Waals surface area (Å²) in [5.41, 5.74) is 0. The van der Waals surface area contributed by atoms with E-state index < -0.39 is 0 Å². The summed E-state index contributed by atoms with van der Waals surface area (Å²) in [5.74, 6) is 0. The average Bonchev–Trinajstić information content (AvgIpc) is 2.46. The Morgan fingerprint density at radius 2 is 1.22 bits per heavy atom. The van der Waals surface area contributed by atoms with Crippen molar-refractivity contribution >= 4 is 0 Å². The molecule has 1 heteroatoms. The third-order valence-corrected chi connectivity index (χ3v) is 5.11. The zero-order valence-electron chi connectivity index (χ0n) is 12.5. The van der Waals surface area contributed by atoms with Crippen molar-refractivity contribution in [3.8, 4) is 0 Å². The highest BCUT2D eigenvalue weighted by Gasteiger charge is 2.27. The van der Waals surface area contributed by atoms with Crippen molar-refractivity contribution in [3.63, 3.8) is 0 Å². The van der Waals surface area contributed by atoms with Gasteiger partial charge in [-0.2, -0.15) is 0 Å². The highest BCUT2D eigenvalue weighted by Crippen LogP contribution is 2.30. The van der Waals surface area contributed by atoms with Crippen molar-refractivity contribution in [1.29, 1.82) is 0 Å². The molecule has 0 aromatic rings. The molecular formula is C17H33N. The van der Waals surface area contributed by atoms with Gasteiger partial charge in [0.2, 0.25) is 0 Å². The average molecular weight is 251 g/mol. The minimum absolute atomic E-state index is 0.943. The number of hydrogen-bond donors (Lipinski definition) is 0. The summed E-state index contributed by atoms with van der Waals surface area (Å²) in [5, 5.41) is 0. The molecule has 1 nitrogen and oxygen atoms in total. The van der Waals surface area contributed by atoms with Crippen LogP contribution in [0.4, 0.5) is 0 Å². The molecule has 0 saturated heterocycles. The van der Waals surface area contributed by atoms with E-state index in [4.69, 9.17) is 0 Å². The molecule has 0 unspecified atom stereocenters. The number of nitrogens with zero attached hydrogens (tertiary/aromatic N) is 1. The second-order valence-corrected chi connectivity index (χ2v) is 6.53. The Balaban J connectivity index is 1.87. The summed E-state index contributed by atoms with van der Waals surface area (Å²) in [6.45, 7) is 3.72. The molecule has 2 aliphatic carbocycles. The SMILES string of the molecule is CCCCCN(C1CCCCC1)C1CCCCC1. The summed E-state index contributed by atoms with van der Waals surface area (Å²) in [6, 6.07) is 1.89. The molecule has 0 aliphatic heterocycles. The van der Waals surface area contributed by atoms with E-state index in [1.807, 2.05) is 0 Å². The van der Waals surface area contributed by atoms with Crippen LogP contribution in [0.15, 0.2) is 0 Å². The molecule has 0 atom stereocenters. The van der Waals surface area contributed by atoms with Crippen molar-refractivity contribution in [3.05, 3.63) is 0 Å². The Morgan fingerprint density at radius 1 is 0.722 bits per heavy atom. The maximum absolute atomic E-state index is 2.95. The molecular weight excluding hydrogens is 218 g/mol. The van der Waals surface area contributed by atoms with E-state index in [2.05, 4.69) is 11.8 Å². The monoisotopic (exact) mass is 251 g/mol. The zero-order chi connectivity index (χ0) is 12.6. The number of rotatable bonds is 6. The smallest absolute Gasteiger partial charge is 0.00981 e. The predicted octanol–water partition coefficient (Wildman–Crippen LogP) is 5.14. The van der Waals surface area contributed by atoms with Gasteiger partial charge in [-0.1, -0.05) is 58.3 Å². The van der Waals surface area contributed by atoms with Gasteiger partial charge in [-0.25, -0.2) is 0 Å². The van der Waals surface area contributed by atoms with Crippen LogP contribution in [0.3, 0.4) is 0 Å². The summed E-state index contributed by atoms with van der Waals surface area (Å²) in [6.07, 6.45) is 19.1. The van der Waals surface area contributed by atoms with Crippen LogP contribution < -0.4 is 0 Å². The predicted molar refractivity (Wildman–Crippen MR) is 80.0 cm³/mol. The van der Waals surface area contributed by atoms with Gasteiger partial charge in [-0.05, 0) is 38.6 Å². The topological polar surface area (TPSA) is 3.24 Å². The lowest BCUT2D eigenvalue weighted by Gasteiger charge is -2.41. The summed E-state index contributed by atoms with van der Waals surface area (Å²) < 4.78 is 0. The van der Waals surface area contributed by atoms with Crippen LogP contribution in [0.25, 0.3) is 0 Å². The molecule has 0 spiro atoms. The van der Waals surface area contributed by atoms with Crippen molar-refractivity contribution in [2.24, 2.45) is 0 Å². The molecule has 0 radical (unpaired) electrons. The number of unbranched alkanes of at least 4 members (excludes halogenated alkanes) is 2. The Labute approximate surface area is 114 Å². The van der Waals surface area contributed by atoms with Crippen molar-refractivity contribution < 1.29 is 0 Å². The Bertz CT molecular complexity index is 184. The van der Waals surface area contributed by atoms with E-state index in [9.17, 15) is 0 Å². The van der Waals surface area contributed by atoms with Crippen LogP contribution in [0, 0.1) is 0 Å². The van der Waals surface area contributed by atoms with Crippen LogP contribution in [0.2, 0.25) is 0 Å². The van der Waals surface area contributed by atoms with E-state index in [1.165, 1.54) is 90.0 Å². The number of hydrogen-bond acceptors (Lipinski definition) is 1. The van der Waals surface area contributed by atoms with Crippen LogP contribution >= 0.6 is 0 Å². The molecule has 18 heavy (non-hydrogen) atoms.